The van der Waals surface area contributed by atoms with Crippen LogP contribution in [0, 0.1) is 12.8 Å². The number of likely N-dealkylation sites (tertiary alicyclic amines) is 1. The minimum Gasteiger partial charge on any atom is -0.383 e. The van der Waals surface area contributed by atoms with E-state index in [1.807, 2.05) is 42.0 Å². The van der Waals surface area contributed by atoms with E-state index in [1.165, 1.54) is 0 Å². The Labute approximate surface area is 159 Å². The van der Waals surface area contributed by atoms with Gasteiger partial charge in [-0.1, -0.05) is 18.2 Å². The molecule has 1 unspecified atom stereocenters. The molecule has 1 aliphatic rings. The van der Waals surface area contributed by atoms with Gasteiger partial charge in [0.2, 0.25) is 11.8 Å². The molecule has 2 amide bonds. The van der Waals surface area contributed by atoms with Gasteiger partial charge in [0.25, 0.3) is 0 Å². The van der Waals surface area contributed by atoms with Crippen LogP contribution >= 0.6 is 0 Å². The normalized spacial score (nSPS) is 17.2. The number of ether oxygens (including phenoxy) is 1. The highest BCUT2D eigenvalue weighted by molar-refractivity contribution is 5.94. The maximum atomic E-state index is 12.8. The van der Waals surface area contributed by atoms with Gasteiger partial charge >= 0.3 is 0 Å². The highest BCUT2D eigenvalue weighted by Gasteiger charge is 2.30. The summed E-state index contributed by atoms with van der Waals surface area (Å²) in [5.74, 6) is 0.769. The number of carbonyl (C=O) groups is 2. The first-order chi connectivity index (χ1) is 13.1. The first-order valence-corrected chi connectivity index (χ1v) is 9.21. The van der Waals surface area contributed by atoms with Crippen molar-refractivity contribution in [1.82, 2.24) is 14.5 Å². The molecule has 3 rings (SSSR count). The van der Waals surface area contributed by atoms with Gasteiger partial charge in [0.05, 0.1) is 19.1 Å². The fourth-order valence-electron chi connectivity index (χ4n) is 3.32. The zero-order valence-corrected chi connectivity index (χ0v) is 15.9. The lowest BCUT2D eigenvalue weighted by Crippen LogP contribution is -2.45. The van der Waals surface area contributed by atoms with E-state index in [4.69, 9.17) is 4.74 Å². The Morgan fingerprint density at radius 3 is 2.93 bits per heavy atom. The molecule has 7 nitrogen and oxygen atoms in total. The van der Waals surface area contributed by atoms with Crippen LogP contribution in [0.4, 0.5) is 5.69 Å². The van der Waals surface area contributed by atoms with E-state index in [-0.39, 0.29) is 17.7 Å². The first-order valence-electron chi connectivity index (χ1n) is 9.21. The molecule has 2 aromatic rings. The third-order valence-corrected chi connectivity index (χ3v) is 4.98. The number of hydrogen-bond donors (Lipinski definition) is 1. The lowest BCUT2D eigenvalue weighted by atomic mass is 9.96. The number of para-hydroxylation sites is 1. The van der Waals surface area contributed by atoms with Crippen LogP contribution < -0.4 is 5.32 Å². The summed E-state index contributed by atoms with van der Waals surface area (Å²) in [6.45, 7) is 4.04. The van der Waals surface area contributed by atoms with Crippen LogP contribution in [-0.4, -0.2) is 53.1 Å². The predicted molar refractivity (Wildman–Crippen MR) is 102 cm³/mol. The SMILES string of the molecule is COCCN1CC(C(=O)Nc2ccccc2Cn2ccnc2C)CCC1=O. The second kappa shape index (κ2) is 8.81. The van der Waals surface area contributed by atoms with Crippen LogP contribution in [0.5, 0.6) is 0 Å². The largest absolute Gasteiger partial charge is 0.383 e. The average Bonchev–Trinajstić information content (AvgIpc) is 3.07. The molecular formula is C20H26N4O3. The molecule has 0 spiro atoms. The molecule has 0 saturated carbocycles. The molecule has 144 valence electrons. The number of aromatic nitrogens is 2. The van der Waals surface area contributed by atoms with Crippen molar-refractivity contribution in [3.8, 4) is 0 Å². The van der Waals surface area contributed by atoms with Gasteiger partial charge < -0.3 is 19.5 Å². The molecule has 1 saturated heterocycles. The second-order valence-corrected chi connectivity index (χ2v) is 6.82. The highest BCUT2D eigenvalue weighted by Crippen LogP contribution is 2.22. The van der Waals surface area contributed by atoms with Gasteiger partial charge in [-0.05, 0) is 25.0 Å². The summed E-state index contributed by atoms with van der Waals surface area (Å²) in [6, 6.07) is 7.79. The molecule has 7 heteroatoms. The number of rotatable bonds is 7. The molecule has 1 atom stereocenters. The summed E-state index contributed by atoms with van der Waals surface area (Å²) < 4.78 is 7.10. The number of carbonyl (C=O) groups excluding carboxylic acids is 2. The Hall–Kier alpha value is -2.67. The molecular weight excluding hydrogens is 344 g/mol. The molecule has 1 aromatic carbocycles. The fraction of sp³-hybridized carbons (Fsp3) is 0.450. The Balaban J connectivity index is 1.67. The minimum atomic E-state index is -0.206. The van der Waals surface area contributed by atoms with Gasteiger partial charge in [0.1, 0.15) is 5.82 Å². The van der Waals surface area contributed by atoms with E-state index in [2.05, 4.69) is 10.3 Å². The van der Waals surface area contributed by atoms with Gasteiger partial charge in [0, 0.05) is 44.7 Å². The molecule has 27 heavy (non-hydrogen) atoms. The van der Waals surface area contributed by atoms with E-state index in [1.54, 1.807) is 18.2 Å². The smallest absolute Gasteiger partial charge is 0.229 e. The number of aryl methyl sites for hydroxylation is 1. The number of nitrogens with one attached hydrogen (secondary N) is 1. The Bertz CT molecular complexity index is 802. The maximum Gasteiger partial charge on any atom is 0.229 e. The maximum absolute atomic E-state index is 12.8. The number of imidazole rings is 1. The molecule has 1 fully saturated rings. The summed E-state index contributed by atoms with van der Waals surface area (Å²) in [5.41, 5.74) is 1.83. The van der Waals surface area contributed by atoms with E-state index in [0.717, 1.165) is 17.1 Å². The quantitative estimate of drug-likeness (QED) is 0.809. The van der Waals surface area contributed by atoms with Gasteiger partial charge in [-0.15, -0.1) is 0 Å². The zero-order valence-electron chi connectivity index (χ0n) is 15.9. The van der Waals surface area contributed by atoms with E-state index in [0.29, 0.717) is 39.1 Å². The van der Waals surface area contributed by atoms with Crippen molar-refractivity contribution in [3.05, 3.63) is 48.0 Å². The van der Waals surface area contributed by atoms with Crippen molar-refractivity contribution >= 4 is 17.5 Å². The van der Waals surface area contributed by atoms with Crippen molar-refractivity contribution in [3.63, 3.8) is 0 Å². The van der Waals surface area contributed by atoms with Crippen LogP contribution in [0.2, 0.25) is 0 Å². The predicted octanol–water partition coefficient (Wildman–Crippen LogP) is 2.06. The monoisotopic (exact) mass is 370 g/mol. The van der Waals surface area contributed by atoms with Gasteiger partial charge in [-0.25, -0.2) is 4.98 Å². The lowest BCUT2D eigenvalue weighted by Gasteiger charge is -2.31. The fourth-order valence-corrected chi connectivity index (χ4v) is 3.32. The van der Waals surface area contributed by atoms with Gasteiger partial charge in [0.15, 0.2) is 0 Å². The summed E-state index contributed by atoms with van der Waals surface area (Å²) in [6.07, 6.45) is 4.67. The van der Waals surface area contributed by atoms with Crippen molar-refractivity contribution in [2.24, 2.45) is 5.92 Å². The highest BCUT2D eigenvalue weighted by atomic mass is 16.5. The van der Waals surface area contributed by atoms with E-state index in [9.17, 15) is 9.59 Å². The number of anilines is 1. The summed E-state index contributed by atoms with van der Waals surface area (Å²) in [7, 11) is 1.61. The van der Waals surface area contributed by atoms with Crippen LogP contribution in [-0.2, 0) is 20.9 Å². The minimum absolute atomic E-state index is 0.0419. The molecule has 1 aromatic heterocycles. The van der Waals surface area contributed by atoms with Crippen LogP contribution in [0.15, 0.2) is 36.7 Å². The standard InChI is InChI=1S/C20H26N4O3/c1-15-21-9-10-23(15)13-16-5-3-4-6-18(16)22-20(26)17-7-8-19(25)24(14-17)11-12-27-2/h3-6,9-10,17H,7-8,11-14H2,1-2H3,(H,22,26). The van der Waals surface area contributed by atoms with E-state index >= 15 is 0 Å². The Morgan fingerprint density at radius 2 is 2.19 bits per heavy atom. The van der Waals surface area contributed by atoms with Crippen molar-refractivity contribution in [2.75, 3.05) is 32.1 Å². The molecule has 0 radical (unpaired) electrons. The van der Waals surface area contributed by atoms with Crippen molar-refractivity contribution in [1.29, 1.82) is 0 Å². The number of piperidine rings is 1. The summed E-state index contributed by atoms with van der Waals surface area (Å²) in [5, 5.41) is 3.06. The first kappa shape index (κ1) is 19.1. The summed E-state index contributed by atoms with van der Waals surface area (Å²) >= 11 is 0. The molecule has 0 aliphatic carbocycles. The number of benzene rings is 1. The number of nitrogens with zero attached hydrogens (tertiary/aromatic N) is 3. The van der Waals surface area contributed by atoms with Crippen molar-refractivity contribution < 1.29 is 14.3 Å². The van der Waals surface area contributed by atoms with Crippen LogP contribution in [0.25, 0.3) is 0 Å². The van der Waals surface area contributed by atoms with Crippen LogP contribution in [0.1, 0.15) is 24.2 Å². The Morgan fingerprint density at radius 1 is 1.37 bits per heavy atom. The molecule has 0 bridgehead atoms. The lowest BCUT2D eigenvalue weighted by molar-refractivity contribution is -0.137. The molecule has 2 heterocycles. The number of methoxy groups -OCH3 is 1. The molecule has 1 N–H and O–H groups in total. The van der Waals surface area contributed by atoms with Crippen LogP contribution in [0.3, 0.4) is 0 Å². The molecule has 1 aliphatic heterocycles. The zero-order chi connectivity index (χ0) is 19.2. The van der Waals surface area contributed by atoms with Gasteiger partial charge in [-0.3, -0.25) is 9.59 Å². The number of hydrogen-bond acceptors (Lipinski definition) is 4. The second-order valence-electron chi connectivity index (χ2n) is 6.82. The topological polar surface area (TPSA) is 76.5 Å². The Kier molecular flexibility index (Phi) is 6.24. The van der Waals surface area contributed by atoms with Gasteiger partial charge in [-0.2, -0.15) is 0 Å². The van der Waals surface area contributed by atoms with Crippen molar-refractivity contribution in [2.45, 2.75) is 26.3 Å². The summed E-state index contributed by atoms with van der Waals surface area (Å²) in [4.78, 5) is 30.8. The third kappa shape index (κ3) is 4.74. The van der Waals surface area contributed by atoms with E-state index < -0.39 is 0 Å². The number of amides is 2. The average molecular weight is 370 g/mol. The third-order valence-electron chi connectivity index (χ3n) is 4.98.